The Bertz CT molecular complexity index is 1400. The van der Waals surface area contributed by atoms with Crippen molar-refractivity contribution >= 4 is 17.0 Å². The maximum Gasteiger partial charge on any atom is 0.335 e. The molecule has 33 heavy (non-hydrogen) atoms. The molecule has 0 spiro atoms. The van der Waals surface area contributed by atoms with Crippen molar-refractivity contribution in [3.63, 3.8) is 0 Å². The minimum Gasteiger partial charge on any atom is -0.457 e. The van der Waals surface area contributed by atoms with E-state index in [1.54, 1.807) is 9.13 Å². The van der Waals surface area contributed by atoms with E-state index in [4.69, 9.17) is 10.5 Å². The molecule has 0 saturated carbocycles. The molecule has 4 aromatic rings. The highest BCUT2D eigenvalue weighted by Gasteiger charge is 2.29. The highest BCUT2D eigenvalue weighted by atomic mass is 16.5. The normalized spacial score (nSPS) is 16.0. The van der Waals surface area contributed by atoms with E-state index in [1.165, 1.54) is 6.33 Å². The Balaban J connectivity index is 1.53. The first-order valence-electron chi connectivity index (χ1n) is 10.8. The van der Waals surface area contributed by atoms with Gasteiger partial charge in [0.15, 0.2) is 11.5 Å². The largest absolute Gasteiger partial charge is 0.457 e. The number of anilines is 1. The predicted molar refractivity (Wildman–Crippen MR) is 128 cm³/mol. The molecule has 1 saturated heterocycles. The monoisotopic (exact) mass is 440 g/mol. The van der Waals surface area contributed by atoms with Crippen LogP contribution in [-0.4, -0.2) is 43.6 Å². The Morgan fingerprint density at radius 3 is 2.61 bits per heavy atom. The number of fused-ring (bicyclic) bond motifs is 1. The second-order valence-electron chi connectivity index (χ2n) is 7.93. The van der Waals surface area contributed by atoms with Gasteiger partial charge in [0.05, 0.1) is 18.3 Å². The number of ether oxygens (including phenoxy) is 1. The fourth-order valence-electron chi connectivity index (χ4n) is 4.28. The third-order valence-electron chi connectivity index (χ3n) is 5.85. The van der Waals surface area contributed by atoms with Crippen LogP contribution in [0, 0.1) is 11.8 Å². The lowest BCUT2D eigenvalue weighted by atomic mass is 10.2. The van der Waals surface area contributed by atoms with Crippen molar-refractivity contribution in [2.45, 2.75) is 19.4 Å². The minimum absolute atomic E-state index is 0.00473. The second kappa shape index (κ2) is 8.81. The maximum absolute atomic E-state index is 13.6. The summed E-state index contributed by atoms with van der Waals surface area (Å²) < 4.78 is 9.22. The van der Waals surface area contributed by atoms with E-state index in [0.717, 1.165) is 25.3 Å². The van der Waals surface area contributed by atoms with Crippen molar-refractivity contribution in [2.75, 3.05) is 25.4 Å². The molecule has 2 aromatic carbocycles. The zero-order valence-corrected chi connectivity index (χ0v) is 18.3. The third-order valence-corrected chi connectivity index (χ3v) is 5.85. The zero-order valence-electron chi connectivity index (χ0n) is 18.3. The van der Waals surface area contributed by atoms with E-state index in [9.17, 15) is 4.79 Å². The number of benzene rings is 2. The Hall–Kier alpha value is -4.09. The van der Waals surface area contributed by atoms with E-state index in [-0.39, 0.29) is 17.5 Å². The summed E-state index contributed by atoms with van der Waals surface area (Å²) in [4.78, 5) is 24.5. The highest BCUT2D eigenvalue weighted by molar-refractivity contribution is 5.84. The summed E-state index contributed by atoms with van der Waals surface area (Å²) in [5.41, 5.74) is 7.79. The van der Waals surface area contributed by atoms with Crippen molar-refractivity contribution in [1.29, 1.82) is 0 Å². The minimum atomic E-state index is -0.178. The number of imidazole rings is 1. The van der Waals surface area contributed by atoms with Crippen molar-refractivity contribution in [3.8, 4) is 29.0 Å². The zero-order chi connectivity index (χ0) is 22.8. The summed E-state index contributed by atoms with van der Waals surface area (Å²) in [6.45, 7) is 4.15. The number of nitrogens with zero attached hydrogens (tertiary/aromatic N) is 5. The van der Waals surface area contributed by atoms with Crippen LogP contribution < -0.4 is 16.2 Å². The highest BCUT2D eigenvalue weighted by Crippen LogP contribution is 2.28. The van der Waals surface area contributed by atoms with E-state index in [1.807, 2.05) is 61.5 Å². The molecule has 0 bridgehead atoms. The van der Waals surface area contributed by atoms with Crippen LogP contribution in [0.25, 0.3) is 16.9 Å². The summed E-state index contributed by atoms with van der Waals surface area (Å²) in [5, 5.41) is 0. The fraction of sp³-hybridized carbons (Fsp3) is 0.240. The van der Waals surface area contributed by atoms with Gasteiger partial charge in [0, 0.05) is 13.1 Å². The van der Waals surface area contributed by atoms with Crippen LogP contribution in [0.5, 0.6) is 11.5 Å². The van der Waals surface area contributed by atoms with Gasteiger partial charge in [-0.2, -0.15) is 0 Å². The molecule has 166 valence electrons. The van der Waals surface area contributed by atoms with Gasteiger partial charge in [-0.05, 0) is 49.7 Å². The van der Waals surface area contributed by atoms with E-state index < -0.39 is 0 Å². The van der Waals surface area contributed by atoms with Gasteiger partial charge >= 0.3 is 5.69 Å². The van der Waals surface area contributed by atoms with Crippen LogP contribution in [0.2, 0.25) is 0 Å². The summed E-state index contributed by atoms with van der Waals surface area (Å²) in [7, 11) is 0. The van der Waals surface area contributed by atoms with Gasteiger partial charge in [-0.15, -0.1) is 5.92 Å². The topological polar surface area (TPSA) is 91.2 Å². The second-order valence-corrected chi connectivity index (χ2v) is 7.93. The molecule has 3 heterocycles. The lowest BCUT2D eigenvalue weighted by Crippen LogP contribution is -2.29. The first-order valence-corrected chi connectivity index (χ1v) is 10.8. The van der Waals surface area contributed by atoms with Crippen molar-refractivity contribution in [1.82, 2.24) is 24.0 Å². The fourth-order valence-corrected chi connectivity index (χ4v) is 4.28. The van der Waals surface area contributed by atoms with Gasteiger partial charge in [0.1, 0.15) is 23.3 Å². The summed E-state index contributed by atoms with van der Waals surface area (Å²) >= 11 is 0. The molecule has 2 aromatic heterocycles. The van der Waals surface area contributed by atoms with E-state index >= 15 is 0 Å². The molecule has 0 aliphatic carbocycles. The molecule has 0 amide bonds. The Morgan fingerprint density at radius 2 is 1.85 bits per heavy atom. The number of hydrogen-bond acceptors (Lipinski definition) is 6. The average Bonchev–Trinajstić information content (AvgIpc) is 3.41. The van der Waals surface area contributed by atoms with Crippen molar-refractivity contribution in [3.05, 3.63) is 71.4 Å². The first-order chi connectivity index (χ1) is 16.2. The Kier molecular flexibility index (Phi) is 5.55. The molecule has 8 nitrogen and oxygen atoms in total. The molecule has 1 aliphatic heterocycles. The Labute approximate surface area is 191 Å². The molecular formula is C25H24N6O2. The average molecular weight is 441 g/mol. The van der Waals surface area contributed by atoms with E-state index in [2.05, 4.69) is 26.7 Å². The number of aromatic nitrogens is 4. The molecule has 0 unspecified atom stereocenters. The number of nitrogens with two attached hydrogens (primary N) is 1. The quantitative estimate of drug-likeness (QED) is 0.479. The molecule has 1 aliphatic rings. The number of para-hydroxylation sites is 1. The van der Waals surface area contributed by atoms with Crippen LogP contribution >= 0.6 is 0 Å². The number of hydrogen-bond donors (Lipinski definition) is 1. The van der Waals surface area contributed by atoms with Gasteiger partial charge in [-0.1, -0.05) is 24.1 Å². The number of rotatable bonds is 5. The van der Waals surface area contributed by atoms with Gasteiger partial charge in [0.25, 0.3) is 0 Å². The number of likely N-dealkylation sites (tertiary alicyclic amines) is 1. The van der Waals surface area contributed by atoms with Crippen LogP contribution in [0.3, 0.4) is 0 Å². The van der Waals surface area contributed by atoms with Gasteiger partial charge in [-0.3, -0.25) is 14.0 Å². The van der Waals surface area contributed by atoms with E-state index in [0.29, 0.717) is 29.1 Å². The lowest BCUT2D eigenvalue weighted by Gasteiger charge is -2.13. The van der Waals surface area contributed by atoms with Gasteiger partial charge in [0.2, 0.25) is 0 Å². The van der Waals surface area contributed by atoms with Crippen LogP contribution in [0.15, 0.2) is 65.7 Å². The predicted octanol–water partition coefficient (Wildman–Crippen LogP) is 3.23. The molecule has 5 rings (SSSR count). The molecular weight excluding hydrogens is 416 g/mol. The molecule has 0 radical (unpaired) electrons. The first kappa shape index (κ1) is 20.8. The summed E-state index contributed by atoms with van der Waals surface area (Å²) in [6.07, 6.45) is 2.25. The van der Waals surface area contributed by atoms with Gasteiger partial charge in [-0.25, -0.2) is 14.8 Å². The lowest BCUT2D eigenvalue weighted by molar-refractivity contribution is 0.362. The smallest absolute Gasteiger partial charge is 0.335 e. The van der Waals surface area contributed by atoms with Crippen LogP contribution in [-0.2, 0) is 0 Å². The van der Waals surface area contributed by atoms with Crippen molar-refractivity contribution in [2.24, 2.45) is 0 Å². The van der Waals surface area contributed by atoms with Crippen molar-refractivity contribution < 1.29 is 4.74 Å². The molecule has 8 heteroatoms. The van der Waals surface area contributed by atoms with Gasteiger partial charge < -0.3 is 10.5 Å². The van der Waals surface area contributed by atoms with Crippen LogP contribution in [0.1, 0.15) is 19.4 Å². The molecule has 2 N–H and O–H groups in total. The summed E-state index contributed by atoms with van der Waals surface area (Å²) in [6, 6.07) is 16.9. The standard InChI is InChI=1S/C25H24N6O2/c1-2-3-14-29-15-13-19(16-29)31-24-22(23(26)27-17-28-24)30(25(31)32)18-9-11-21(12-10-18)33-20-7-5-4-6-8-20/h4-12,17,19H,13-16H2,1H3,(H2,26,27,28)/t19-/m1/s1. The third kappa shape index (κ3) is 3.95. The maximum atomic E-state index is 13.6. The molecule has 1 fully saturated rings. The molecule has 1 atom stereocenters. The summed E-state index contributed by atoms with van der Waals surface area (Å²) in [5.74, 6) is 7.73. The Morgan fingerprint density at radius 1 is 1.09 bits per heavy atom. The van der Waals surface area contributed by atoms with Crippen LogP contribution in [0.4, 0.5) is 5.82 Å². The SMILES string of the molecule is CC#CCN1CC[C@@H](n2c(=O)n(-c3ccc(Oc4ccccc4)cc3)c3c(N)ncnc32)C1. The number of nitrogen functional groups attached to an aromatic ring is 1.